The van der Waals surface area contributed by atoms with Crippen molar-refractivity contribution in [3.05, 3.63) is 34.1 Å². The standard InChI is InChI=1S/C11H7F2N3OS/c1-18-11-15-8-7-5(13)2-4(12)3-6(7)14-9(8)10(17)16-11/h2-3,14H,1H3,(H,15,16,17). The van der Waals surface area contributed by atoms with Crippen molar-refractivity contribution in [2.45, 2.75) is 5.16 Å². The van der Waals surface area contributed by atoms with Crippen molar-refractivity contribution >= 4 is 33.7 Å². The Hall–Kier alpha value is -1.89. The molecule has 0 fully saturated rings. The van der Waals surface area contributed by atoms with Crippen molar-refractivity contribution in [2.75, 3.05) is 6.26 Å². The van der Waals surface area contributed by atoms with Gasteiger partial charge in [-0.1, -0.05) is 11.8 Å². The molecule has 2 aromatic heterocycles. The quantitative estimate of drug-likeness (QED) is 0.525. The zero-order valence-corrected chi connectivity index (χ0v) is 9.99. The van der Waals surface area contributed by atoms with Gasteiger partial charge in [0.15, 0.2) is 5.16 Å². The minimum absolute atomic E-state index is 0.132. The molecule has 3 rings (SSSR count). The molecule has 7 heteroatoms. The Kier molecular flexibility index (Phi) is 2.37. The van der Waals surface area contributed by atoms with Crippen LogP contribution in [0, 0.1) is 11.6 Å². The van der Waals surface area contributed by atoms with E-state index in [-0.39, 0.29) is 21.9 Å². The third-order valence-electron chi connectivity index (χ3n) is 2.64. The highest BCUT2D eigenvalue weighted by Crippen LogP contribution is 2.26. The number of benzene rings is 1. The van der Waals surface area contributed by atoms with Crippen LogP contribution in [0.2, 0.25) is 0 Å². The summed E-state index contributed by atoms with van der Waals surface area (Å²) in [6.07, 6.45) is 1.75. The van der Waals surface area contributed by atoms with Crippen LogP contribution in [-0.2, 0) is 0 Å². The summed E-state index contributed by atoms with van der Waals surface area (Å²) in [6, 6.07) is 1.91. The normalized spacial score (nSPS) is 11.5. The highest BCUT2D eigenvalue weighted by Gasteiger charge is 2.15. The molecule has 0 unspecified atom stereocenters. The first-order chi connectivity index (χ1) is 8.60. The highest BCUT2D eigenvalue weighted by atomic mass is 32.2. The summed E-state index contributed by atoms with van der Waals surface area (Å²) in [5.41, 5.74) is 0.182. The van der Waals surface area contributed by atoms with Crippen molar-refractivity contribution in [1.29, 1.82) is 0 Å². The average Bonchev–Trinajstić information content (AvgIpc) is 2.67. The number of nitrogens with one attached hydrogen (secondary N) is 2. The Morgan fingerprint density at radius 2 is 2.06 bits per heavy atom. The molecule has 0 saturated carbocycles. The summed E-state index contributed by atoms with van der Waals surface area (Å²) in [7, 11) is 0. The molecule has 92 valence electrons. The number of H-pyrrole nitrogens is 2. The molecule has 0 spiro atoms. The van der Waals surface area contributed by atoms with Gasteiger partial charge in [0.05, 0.1) is 10.9 Å². The third kappa shape index (κ3) is 1.51. The molecule has 3 aromatic rings. The zero-order valence-electron chi connectivity index (χ0n) is 9.17. The van der Waals surface area contributed by atoms with Crippen molar-refractivity contribution in [2.24, 2.45) is 0 Å². The van der Waals surface area contributed by atoms with Gasteiger partial charge >= 0.3 is 0 Å². The second kappa shape index (κ2) is 3.81. The van der Waals surface area contributed by atoms with E-state index in [9.17, 15) is 13.6 Å². The van der Waals surface area contributed by atoms with Gasteiger partial charge in [0.2, 0.25) is 0 Å². The Morgan fingerprint density at radius 1 is 1.28 bits per heavy atom. The van der Waals surface area contributed by atoms with Gasteiger partial charge in [-0.15, -0.1) is 0 Å². The number of rotatable bonds is 1. The topological polar surface area (TPSA) is 61.5 Å². The fourth-order valence-corrected chi connectivity index (χ4v) is 2.27. The lowest BCUT2D eigenvalue weighted by molar-refractivity contribution is 0.592. The van der Waals surface area contributed by atoms with Crippen LogP contribution in [0.3, 0.4) is 0 Å². The van der Waals surface area contributed by atoms with Crippen molar-refractivity contribution in [1.82, 2.24) is 15.0 Å². The lowest BCUT2D eigenvalue weighted by Crippen LogP contribution is -2.08. The van der Waals surface area contributed by atoms with E-state index in [4.69, 9.17) is 0 Å². The molecule has 0 aliphatic rings. The Labute approximate surface area is 103 Å². The molecule has 2 N–H and O–H groups in total. The minimum Gasteiger partial charge on any atom is -0.348 e. The van der Waals surface area contributed by atoms with Crippen LogP contribution < -0.4 is 5.56 Å². The van der Waals surface area contributed by atoms with Crippen molar-refractivity contribution < 1.29 is 8.78 Å². The van der Waals surface area contributed by atoms with Gasteiger partial charge in [-0.2, -0.15) is 0 Å². The van der Waals surface area contributed by atoms with Gasteiger partial charge in [0, 0.05) is 6.07 Å². The van der Waals surface area contributed by atoms with E-state index in [0.29, 0.717) is 5.16 Å². The molecule has 0 aliphatic carbocycles. The second-order valence-corrected chi connectivity index (χ2v) is 4.53. The monoisotopic (exact) mass is 267 g/mol. The first-order valence-electron chi connectivity index (χ1n) is 5.05. The number of aromatic amines is 2. The number of hydrogen-bond acceptors (Lipinski definition) is 3. The van der Waals surface area contributed by atoms with Crippen molar-refractivity contribution in [3.63, 3.8) is 0 Å². The van der Waals surface area contributed by atoms with Crippen LogP contribution in [0.4, 0.5) is 8.78 Å². The number of fused-ring (bicyclic) bond motifs is 3. The number of thioether (sulfide) groups is 1. The first kappa shape index (κ1) is 11.2. The van der Waals surface area contributed by atoms with E-state index < -0.39 is 17.2 Å². The fourth-order valence-electron chi connectivity index (χ4n) is 1.89. The predicted octanol–water partition coefficient (Wildman–Crippen LogP) is 2.40. The number of nitrogens with zero attached hydrogens (tertiary/aromatic N) is 1. The van der Waals surface area contributed by atoms with Gasteiger partial charge in [-0.3, -0.25) is 9.78 Å². The molecule has 18 heavy (non-hydrogen) atoms. The molecule has 0 amide bonds. The number of halogens is 2. The van der Waals surface area contributed by atoms with Crippen LogP contribution in [0.1, 0.15) is 0 Å². The van der Waals surface area contributed by atoms with Crippen molar-refractivity contribution in [3.8, 4) is 0 Å². The number of hydrogen-bond donors (Lipinski definition) is 2. The van der Waals surface area contributed by atoms with Gasteiger partial charge in [0.25, 0.3) is 5.56 Å². The van der Waals surface area contributed by atoms with E-state index in [2.05, 4.69) is 15.0 Å². The largest absolute Gasteiger partial charge is 0.348 e. The van der Waals surface area contributed by atoms with E-state index in [1.807, 2.05) is 0 Å². The lowest BCUT2D eigenvalue weighted by Gasteiger charge is -1.96. The maximum atomic E-state index is 13.8. The second-order valence-electron chi connectivity index (χ2n) is 3.73. The van der Waals surface area contributed by atoms with Crippen LogP contribution in [0.15, 0.2) is 22.1 Å². The first-order valence-corrected chi connectivity index (χ1v) is 6.27. The summed E-state index contributed by atoms with van der Waals surface area (Å²) >= 11 is 1.24. The summed E-state index contributed by atoms with van der Waals surface area (Å²) < 4.78 is 26.9. The van der Waals surface area contributed by atoms with Gasteiger partial charge in [-0.05, 0) is 12.3 Å². The van der Waals surface area contributed by atoms with E-state index in [0.717, 1.165) is 12.1 Å². The zero-order chi connectivity index (χ0) is 12.9. The van der Waals surface area contributed by atoms with E-state index >= 15 is 0 Å². The van der Waals surface area contributed by atoms with Gasteiger partial charge in [0.1, 0.15) is 22.7 Å². The van der Waals surface area contributed by atoms with E-state index in [1.165, 1.54) is 11.8 Å². The van der Waals surface area contributed by atoms with Crippen LogP contribution >= 0.6 is 11.8 Å². The summed E-state index contributed by atoms with van der Waals surface area (Å²) in [4.78, 5) is 21.1. The maximum Gasteiger partial charge on any atom is 0.275 e. The lowest BCUT2D eigenvalue weighted by atomic mass is 10.2. The Bertz CT molecular complexity index is 824. The molecular weight excluding hydrogens is 260 g/mol. The van der Waals surface area contributed by atoms with Crippen LogP contribution in [-0.4, -0.2) is 21.2 Å². The van der Waals surface area contributed by atoms with Gasteiger partial charge in [-0.25, -0.2) is 13.8 Å². The van der Waals surface area contributed by atoms with E-state index in [1.54, 1.807) is 6.26 Å². The fraction of sp³-hybridized carbons (Fsp3) is 0.0909. The van der Waals surface area contributed by atoms with Crippen LogP contribution in [0.25, 0.3) is 21.9 Å². The molecule has 4 nitrogen and oxygen atoms in total. The van der Waals surface area contributed by atoms with Gasteiger partial charge < -0.3 is 4.98 Å². The summed E-state index contributed by atoms with van der Waals surface area (Å²) in [5.74, 6) is -1.44. The molecule has 0 atom stereocenters. The summed E-state index contributed by atoms with van der Waals surface area (Å²) in [5, 5.41) is 0.518. The maximum absolute atomic E-state index is 13.8. The Balaban J connectivity index is 2.57. The predicted molar refractivity (Wildman–Crippen MR) is 65.9 cm³/mol. The van der Waals surface area contributed by atoms with Crippen LogP contribution in [0.5, 0.6) is 0 Å². The smallest absolute Gasteiger partial charge is 0.275 e. The minimum atomic E-state index is -0.735. The molecule has 0 saturated heterocycles. The molecule has 1 aromatic carbocycles. The SMILES string of the molecule is CSc1nc2c([nH]c3cc(F)cc(F)c32)c(=O)[nH]1. The number of aromatic nitrogens is 3. The Morgan fingerprint density at radius 3 is 2.78 bits per heavy atom. The molecule has 0 radical (unpaired) electrons. The third-order valence-corrected chi connectivity index (χ3v) is 3.22. The molecule has 2 heterocycles. The molecular formula is C11H7F2N3OS. The summed E-state index contributed by atoms with van der Waals surface area (Å²) in [6.45, 7) is 0. The molecule has 0 aliphatic heterocycles. The average molecular weight is 267 g/mol. The highest BCUT2D eigenvalue weighted by molar-refractivity contribution is 7.98. The molecule has 0 bridgehead atoms.